The van der Waals surface area contributed by atoms with Gasteiger partial charge in [-0.25, -0.2) is 0 Å². The van der Waals surface area contributed by atoms with Gasteiger partial charge in [-0.2, -0.15) is 0 Å². The molecule has 2 aromatic rings. The van der Waals surface area contributed by atoms with Gasteiger partial charge in [0.15, 0.2) is 0 Å². The fraction of sp³-hybridized carbons (Fsp3) is 0.438. The van der Waals surface area contributed by atoms with Crippen molar-refractivity contribution in [3.8, 4) is 0 Å². The quantitative estimate of drug-likeness (QED) is 0.916. The number of nitrogens with zero attached hydrogens (tertiary/aromatic N) is 1. The van der Waals surface area contributed by atoms with Crippen LogP contribution >= 0.6 is 0 Å². The van der Waals surface area contributed by atoms with Gasteiger partial charge in [-0.3, -0.25) is 4.98 Å². The van der Waals surface area contributed by atoms with Gasteiger partial charge in [0.1, 0.15) is 5.76 Å². The van der Waals surface area contributed by atoms with Gasteiger partial charge < -0.3 is 10.2 Å². The molecular weight excluding hydrogens is 236 g/mol. The van der Waals surface area contributed by atoms with Gasteiger partial charge in [-0.05, 0) is 37.0 Å². The SMILES string of the molecule is CCc1occc1C(N)C1CCCc2cccnc21. The highest BCUT2D eigenvalue weighted by molar-refractivity contribution is 5.32. The fourth-order valence-electron chi connectivity index (χ4n) is 3.15. The molecule has 2 N–H and O–H groups in total. The summed E-state index contributed by atoms with van der Waals surface area (Å²) in [5.41, 5.74) is 10.2. The summed E-state index contributed by atoms with van der Waals surface area (Å²) < 4.78 is 5.51. The van der Waals surface area contributed by atoms with Crippen LogP contribution in [0.4, 0.5) is 0 Å². The first kappa shape index (κ1) is 12.4. The van der Waals surface area contributed by atoms with E-state index in [0.29, 0.717) is 5.92 Å². The standard InChI is InChI=1S/C16H20N2O/c1-2-14-12(8-10-19-14)15(17)13-7-3-5-11-6-4-9-18-16(11)13/h4,6,8-10,13,15H,2-3,5,7,17H2,1H3. The van der Waals surface area contributed by atoms with Crippen molar-refractivity contribution in [1.29, 1.82) is 0 Å². The van der Waals surface area contributed by atoms with Crippen LogP contribution in [0.25, 0.3) is 0 Å². The molecule has 0 saturated carbocycles. The lowest BCUT2D eigenvalue weighted by atomic mass is 9.80. The number of furan rings is 1. The third-order valence-electron chi connectivity index (χ3n) is 4.13. The third kappa shape index (κ3) is 2.19. The van der Waals surface area contributed by atoms with Gasteiger partial charge in [0.25, 0.3) is 0 Å². The van der Waals surface area contributed by atoms with Crippen LogP contribution in [0.1, 0.15) is 54.3 Å². The molecule has 0 saturated heterocycles. The van der Waals surface area contributed by atoms with E-state index < -0.39 is 0 Å². The summed E-state index contributed by atoms with van der Waals surface area (Å²) in [7, 11) is 0. The molecule has 0 spiro atoms. The van der Waals surface area contributed by atoms with Crippen LogP contribution < -0.4 is 5.73 Å². The number of aromatic nitrogens is 1. The Morgan fingerprint density at radius 2 is 2.37 bits per heavy atom. The second-order valence-corrected chi connectivity index (χ2v) is 5.22. The highest BCUT2D eigenvalue weighted by atomic mass is 16.3. The summed E-state index contributed by atoms with van der Waals surface area (Å²) >= 11 is 0. The largest absolute Gasteiger partial charge is 0.469 e. The van der Waals surface area contributed by atoms with E-state index in [-0.39, 0.29) is 6.04 Å². The average Bonchev–Trinajstić information content (AvgIpc) is 2.94. The van der Waals surface area contributed by atoms with Crippen LogP contribution in [0.5, 0.6) is 0 Å². The predicted octanol–water partition coefficient (Wildman–Crippen LogP) is 3.36. The molecule has 2 aromatic heterocycles. The second kappa shape index (κ2) is 5.17. The van der Waals surface area contributed by atoms with E-state index in [9.17, 15) is 0 Å². The van der Waals surface area contributed by atoms with Crippen molar-refractivity contribution in [2.45, 2.75) is 44.6 Å². The minimum atomic E-state index is -0.0114. The van der Waals surface area contributed by atoms with E-state index in [1.54, 1.807) is 6.26 Å². The molecule has 1 aliphatic carbocycles. The van der Waals surface area contributed by atoms with Gasteiger partial charge in [0.05, 0.1) is 6.26 Å². The maximum absolute atomic E-state index is 6.51. The summed E-state index contributed by atoms with van der Waals surface area (Å²) in [6, 6.07) is 6.20. The van der Waals surface area contributed by atoms with Crippen molar-refractivity contribution < 1.29 is 4.42 Å². The van der Waals surface area contributed by atoms with Crippen molar-refractivity contribution in [3.63, 3.8) is 0 Å². The van der Waals surface area contributed by atoms with Crippen molar-refractivity contribution in [2.24, 2.45) is 5.73 Å². The first-order valence-electron chi connectivity index (χ1n) is 7.07. The number of pyridine rings is 1. The van der Waals surface area contributed by atoms with Crippen LogP contribution in [-0.2, 0) is 12.8 Å². The lowest BCUT2D eigenvalue weighted by Gasteiger charge is -2.29. The van der Waals surface area contributed by atoms with E-state index in [2.05, 4.69) is 18.0 Å². The molecule has 100 valence electrons. The monoisotopic (exact) mass is 256 g/mol. The summed E-state index contributed by atoms with van der Waals surface area (Å²) in [5.74, 6) is 1.32. The predicted molar refractivity (Wildman–Crippen MR) is 74.9 cm³/mol. The van der Waals surface area contributed by atoms with Crippen molar-refractivity contribution >= 4 is 0 Å². The minimum Gasteiger partial charge on any atom is -0.469 e. The molecule has 0 amide bonds. The van der Waals surface area contributed by atoms with E-state index >= 15 is 0 Å². The van der Waals surface area contributed by atoms with Crippen molar-refractivity contribution in [3.05, 3.63) is 53.2 Å². The smallest absolute Gasteiger partial charge is 0.108 e. The molecule has 3 heteroatoms. The molecular formula is C16H20N2O. The van der Waals surface area contributed by atoms with Crippen LogP contribution in [0.2, 0.25) is 0 Å². The number of rotatable bonds is 3. The Kier molecular flexibility index (Phi) is 3.38. The maximum Gasteiger partial charge on any atom is 0.108 e. The summed E-state index contributed by atoms with van der Waals surface area (Å²) in [4.78, 5) is 4.58. The molecule has 2 unspecified atom stereocenters. The first-order chi connectivity index (χ1) is 9.31. The Bertz CT molecular complexity index is 561. The molecule has 1 aliphatic rings. The zero-order valence-corrected chi connectivity index (χ0v) is 11.3. The summed E-state index contributed by atoms with van der Waals surface area (Å²) in [6.07, 6.45) is 7.93. The highest BCUT2D eigenvalue weighted by Gasteiger charge is 2.29. The van der Waals surface area contributed by atoms with Gasteiger partial charge in [0, 0.05) is 35.8 Å². The Morgan fingerprint density at radius 3 is 3.21 bits per heavy atom. The van der Waals surface area contributed by atoms with E-state index in [1.807, 2.05) is 18.3 Å². The Labute approximate surface area is 113 Å². The fourth-order valence-corrected chi connectivity index (χ4v) is 3.15. The zero-order chi connectivity index (χ0) is 13.2. The van der Waals surface area contributed by atoms with Crippen molar-refractivity contribution in [2.75, 3.05) is 0 Å². The lowest BCUT2D eigenvalue weighted by Crippen LogP contribution is -2.25. The molecule has 2 atom stereocenters. The Balaban J connectivity index is 1.95. The van der Waals surface area contributed by atoms with Gasteiger partial charge in [-0.15, -0.1) is 0 Å². The average molecular weight is 256 g/mol. The Hall–Kier alpha value is -1.61. The highest BCUT2D eigenvalue weighted by Crippen LogP contribution is 2.39. The number of fused-ring (bicyclic) bond motifs is 1. The van der Waals surface area contributed by atoms with Crippen LogP contribution in [0, 0.1) is 0 Å². The summed E-state index contributed by atoms with van der Waals surface area (Å²) in [6.45, 7) is 2.10. The molecule has 0 bridgehead atoms. The normalized spacial score (nSPS) is 20.0. The van der Waals surface area contributed by atoms with Gasteiger partial charge >= 0.3 is 0 Å². The first-order valence-corrected chi connectivity index (χ1v) is 7.07. The lowest BCUT2D eigenvalue weighted by molar-refractivity contribution is 0.447. The number of aryl methyl sites for hydroxylation is 2. The molecule has 0 fully saturated rings. The van der Waals surface area contributed by atoms with Crippen LogP contribution in [0.3, 0.4) is 0 Å². The topological polar surface area (TPSA) is 52.0 Å². The maximum atomic E-state index is 6.51. The second-order valence-electron chi connectivity index (χ2n) is 5.22. The third-order valence-corrected chi connectivity index (χ3v) is 4.13. The van der Waals surface area contributed by atoms with E-state index in [4.69, 9.17) is 10.2 Å². The Morgan fingerprint density at radius 1 is 1.47 bits per heavy atom. The van der Waals surface area contributed by atoms with Crippen LogP contribution in [0.15, 0.2) is 35.1 Å². The minimum absolute atomic E-state index is 0.0114. The van der Waals surface area contributed by atoms with Gasteiger partial charge in [-0.1, -0.05) is 13.0 Å². The molecule has 19 heavy (non-hydrogen) atoms. The molecule has 0 radical (unpaired) electrons. The van der Waals surface area contributed by atoms with Crippen LogP contribution in [-0.4, -0.2) is 4.98 Å². The number of hydrogen-bond donors (Lipinski definition) is 1. The van der Waals surface area contributed by atoms with E-state index in [1.165, 1.54) is 17.7 Å². The zero-order valence-electron chi connectivity index (χ0n) is 11.3. The molecule has 0 aromatic carbocycles. The molecule has 3 nitrogen and oxygen atoms in total. The number of hydrogen-bond acceptors (Lipinski definition) is 3. The van der Waals surface area contributed by atoms with Crippen molar-refractivity contribution in [1.82, 2.24) is 4.98 Å². The van der Waals surface area contributed by atoms with E-state index in [0.717, 1.165) is 30.6 Å². The van der Waals surface area contributed by atoms with Gasteiger partial charge in [0.2, 0.25) is 0 Å². The number of nitrogens with two attached hydrogens (primary N) is 1. The molecule has 3 rings (SSSR count). The molecule has 0 aliphatic heterocycles. The molecule has 2 heterocycles. The summed E-state index contributed by atoms with van der Waals surface area (Å²) in [5, 5.41) is 0.